The van der Waals surface area contributed by atoms with Gasteiger partial charge < -0.3 is 0 Å². The summed E-state index contributed by atoms with van der Waals surface area (Å²) in [5.74, 6) is 0.579. The molecule has 0 N–H and O–H groups in total. The van der Waals surface area contributed by atoms with E-state index >= 15 is 0 Å². The fourth-order valence-electron chi connectivity index (χ4n) is 3.62. The lowest BCUT2D eigenvalue weighted by Gasteiger charge is -2.36. The second-order valence-corrected chi connectivity index (χ2v) is 8.67. The summed E-state index contributed by atoms with van der Waals surface area (Å²) >= 11 is 3.43. The molecule has 3 rings (SSSR count). The van der Waals surface area contributed by atoms with Gasteiger partial charge in [-0.2, -0.15) is 4.31 Å². The van der Waals surface area contributed by atoms with E-state index in [0.29, 0.717) is 17.4 Å². The lowest BCUT2D eigenvalue weighted by molar-refractivity contribution is 0.202. The summed E-state index contributed by atoms with van der Waals surface area (Å²) in [6, 6.07) is 5.55. The molecule has 1 saturated heterocycles. The highest BCUT2D eigenvalue weighted by atomic mass is 79.9. The smallest absolute Gasteiger partial charge is 0.207 e. The predicted octanol–water partition coefficient (Wildman–Crippen LogP) is 3.71. The minimum atomic E-state index is -3.34. The first-order valence-electron chi connectivity index (χ1n) is 7.28. The number of halogens is 1. The fourth-order valence-corrected chi connectivity index (χ4v) is 5.71. The van der Waals surface area contributed by atoms with Gasteiger partial charge in [-0.1, -0.05) is 22.4 Å². The molecule has 2 unspecified atom stereocenters. The third-order valence-electron chi connectivity index (χ3n) is 4.68. The van der Waals surface area contributed by atoms with Crippen LogP contribution in [0.15, 0.2) is 27.6 Å². The van der Waals surface area contributed by atoms with E-state index in [4.69, 9.17) is 0 Å². The summed E-state index contributed by atoms with van der Waals surface area (Å²) in [6.07, 6.45) is 5.57. The van der Waals surface area contributed by atoms with E-state index in [-0.39, 0.29) is 6.04 Å². The van der Waals surface area contributed by atoms with Gasteiger partial charge in [0.25, 0.3) is 0 Å². The molecule has 1 saturated carbocycles. The van der Waals surface area contributed by atoms with Crippen LogP contribution in [0.2, 0.25) is 0 Å². The number of piperidine rings is 1. The van der Waals surface area contributed by atoms with Crippen LogP contribution in [0.3, 0.4) is 0 Å². The van der Waals surface area contributed by atoms with Crippen molar-refractivity contribution in [2.45, 2.75) is 50.0 Å². The Morgan fingerprint density at radius 3 is 2.70 bits per heavy atom. The van der Waals surface area contributed by atoms with E-state index in [1.165, 1.54) is 19.3 Å². The zero-order chi connectivity index (χ0) is 14.3. The average molecular weight is 358 g/mol. The van der Waals surface area contributed by atoms with E-state index < -0.39 is 10.0 Å². The molecule has 0 amide bonds. The van der Waals surface area contributed by atoms with Crippen molar-refractivity contribution in [1.82, 2.24) is 4.31 Å². The molecule has 2 aliphatic rings. The summed E-state index contributed by atoms with van der Waals surface area (Å²) < 4.78 is 28.5. The van der Waals surface area contributed by atoms with Gasteiger partial charge in [0.1, 0.15) is 0 Å². The van der Waals surface area contributed by atoms with E-state index in [1.54, 1.807) is 16.4 Å². The zero-order valence-corrected chi connectivity index (χ0v) is 14.1. The van der Waals surface area contributed by atoms with Gasteiger partial charge in [0, 0.05) is 17.1 Å². The van der Waals surface area contributed by atoms with Crippen molar-refractivity contribution >= 4 is 26.0 Å². The summed E-state index contributed by atoms with van der Waals surface area (Å²) in [7, 11) is -3.34. The van der Waals surface area contributed by atoms with Gasteiger partial charge in [0.05, 0.1) is 4.90 Å². The monoisotopic (exact) mass is 357 g/mol. The first-order valence-corrected chi connectivity index (χ1v) is 9.51. The molecule has 0 aromatic heterocycles. The van der Waals surface area contributed by atoms with Crippen LogP contribution in [0.5, 0.6) is 0 Å². The Bertz CT molecular complexity index is 614. The molecule has 3 nitrogen and oxygen atoms in total. The Hall–Kier alpha value is -0.390. The third kappa shape index (κ3) is 2.44. The van der Waals surface area contributed by atoms with Crippen molar-refractivity contribution in [3.63, 3.8) is 0 Å². The number of aryl methyl sites for hydroxylation is 1. The van der Waals surface area contributed by atoms with Crippen molar-refractivity contribution in [2.24, 2.45) is 5.92 Å². The zero-order valence-electron chi connectivity index (χ0n) is 11.7. The highest BCUT2D eigenvalue weighted by Gasteiger charge is 2.41. The van der Waals surface area contributed by atoms with Gasteiger partial charge in [-0.3, -0.25) is 0 Å². The number of hydrogen-bond donors (Lipinski definition) is 0. The highest BCUT2D eigenvalue weighted by Crippen LogP contribution is 2.39. The number of hydrogen-bond acceptors (Lipinski definition) is 2. The molecule has 5 heteroatoms. The molecule has 110 valence electrons. The first kappa shape index (κ1) is 14.5. The Kier molecular flexibility index (Phi) is 3.95. The highest BCUT2D eigenvalue weighted by molar-refractivity contribution is 9.10. The maximum atomic E-state index is 12.9. The van der Waals surface area contributed by atoms with Crippen LogP contribution in [-0.4, -0.2) is 25.3 Å². The van der Waals surface area contributed by atoms with Gasteiger partial charge in [-0.15, -0.1) is 0 Å². The van der Waals surface area contributed by atoms with Gasteiger partial charge in [0.15, 0.2) is 0 Å². The molecular weight excluding hydrogens is 338 g/mol. The quantitative estimate of drug-likeness (QED) is 0.808. The van der Waals surface area contributed by atoms with Gasteiger partial charge in [-0.25, -0.2) is 8.42 Å². The largest absolute Gasteiger partial charge is 0.243 e. The average Bonchev–Trinajstić information content (AvgIpc) is 2.89. The van der Waals surface area contributed by atoms with Crippen LogP contribution in [0, 0.1) is 12.8 Å². The minimum Gasteiger partial charge on any atom is -0.207 e. The summed E-state index contributed by atoms with van der Waals surface area (Å²) in [6.45, 7) is 2.61. The normalized spacial score (nSPS) is 27.5. The van der Waals surface area contributed by atoms with Crippen LogP contribution in [-0.2, 0) is 10.0 Å². The van der Waals surface area contributed by atoms with E-state index in [0.717, 1.165) is 22.9 Å². The van der Waals surface area contributed by atoms with Crippen molar-refractivity contribution < 1.29 is 8.42 Å². The first-order chi connectivity index (χ1) is 9.50. The standard InChI is InChI=1S/C15H20BrNO2S/c1-11-10-13(7-8-14(11)16)20(18,19)17-9-3-5-12-4-2-6-15(12)17/h7-8,10,12,15H,2-6,9H2,1H3. The number of nitrogens with zero attached hydrogens (tertiary/aromatic N) is 1. The molecule has 0 bridgehead atoms. The lowest BCUT2D eigenvalue weighted by Crippen LogP contribution is -2.46. The maximum absolute atomic E-state index is 12.9. The minimum absolute atomic E-state index is 0.234. The van der Waals surface area contributed by atoms with Gasteiger partial charge in [-0.05, 0) is 62.3 Å². The molecule has 1 aliphatic carbocycles. The van der Waals surface area contributed by atoms with Crippen molar-refractivity contribution in [1.29, 1.82) is 0 Å². The van der Waals surface area contributed by atoms with Crippen LogP contribution < -0.4 is 0 Å². The van der Waals surface area contributed by atoms with Gasteiger partial charge in [0.2, 0.25) is 10.0 Å². The topological polar surface area (TPSA) is 37.4 Å². The molecule has 2 fully saturated rings. The van der Waals surface area contributed by atoms with E-state index in [1.807, 2.05) is 13.0 Å². The molecule has 1 aromatic rings. The number of benzene rings is 1. The Labute approximate surface area is 129 Å². The lowest BCUT2D eigenvalue weighted by atomic mass is 9.94. The molecule has 20 heavy (non-hydrogen) atoms. The van der Waals surface area contributed by atoms with Crippen molar-refractivity contribution in [3.8, 4) is 0 Å². The summed E-state index contributed by atoms with van der Waals surface area (Å²) in [5, 5.41) is 0. The molecule has 1 heterocycles. The van der Waals surface area contributed by atoms with E-state index in [2.05, 4.69) is 15.9 Å². The molecule has 1 aliphatic heterocycles. The predicted molar refractivity (Wildman–Crippen MR) is 83.1 cm³/mol. The maximum Gasteiger partial charge on any atom is 0.243 e. The van der Waals surface area contributed by atoms with Crippen molar-refractivity contribution in [2.75, 3.05) is 6.54 Å². The van der Waals surface area contributed by atoms with Crippen molar-refractivity contribution in [3.05, 3.63) is 28.2 Å². The molecule has 0 radical (unpaired) electrons. The summed E-state index contributed by atoms with van der Waals surface area (Å²) in [4.78, 5) is 0.436. The van der Waals surface area contributed by atoms with Crippen LogP contribution in [0.4, 0.5) is 0 Å². The third-order valence-corrected chi connectivity index (χ3v) is 7.49. The second kappa shape index (κ2) is 5.43. The second-order valence-electron chi connectivity index (χ2n) is 5.93. The Morgan fingerprint density at radius 2 is 1.95 bits per heavy atom. The van der Waals surface area contributed by atoms with E-state index in [9.17, 15) is 8.42 Å². The SMILES string of the molecule is Cc1cc(S(=O)(=O)N2CCCC3CCCC32)ccc1Br. The Morgan fingerprint density at radius 1 is 1.20 bits per heavy atom. The van der Waals surface area contributed by atoms with Gasteiger partial charge >= 0.3 is 0 Å². The summed E-state index contributed by atoms with van der Waals surface area (Å²) in [5.41, 5.74) is 0.964. The molecule has 0 spiro atoms. The van der Waals surface area contributed by atoms with Crippen LogP contribution in [0.25, 0.3) is 0 Å². The number of fused-ring (bicyclic) bond motifs is 1. The Balaban J connectivity index is 1.96. The molecule has 1 aromatic carbocycles. The fraction of sp³-hybridized carbons (Fsp3) is 0.600. The number of rotatable bonds is 2. The molecule has 2 atom stereocenters. The van der Waals surface area contributed by atoms with Crippen LogP contribution >= 0.6 is 15.9 Å². The molecular formula is C15H20BrNO2S. The number of sulfonamides is 1. The van der Waals surface area contributed by atoms with Crippen LogP contribution in [0.1, 0.15) is 37.7 Å².